The lowest BCUT2D eigenvalue weighted by molar-refractivity contribution is -0.120. The van der Waals surface area contributed by atoms with E-state index < -0.39 is 0 Å². The number of halogens is 2. The third-order valence-corrected chi connectivity index (χ3v) is 3.11. The van der Waals surface area contributed by atoms with Gasteiger partial charge in [0.15, 0.2) is 0 Å². The van der Waals surface area contributed by atoms with E-state index in [2.05, 4.69) is 17.6 Å². The molecular formula is C13H18ClFN2O. The largest absolute Gasteiger partial charge is 0.326 e. The second-order valence-electron chi connectivity index (χ2n) is 4.57. The van der Waals surface area contributed by atoms with E-state index in [1.165, 1.54) is 12.1 Å². The number of carbonyl (C=O) groups excluding carboxylic acids is 1. The number of anilines is 1. The lowest BCUT2D eigenvalue weighted by atomic mass is 9.92. The van der Waals surface area contributed by atoms with Crippen molar-refractivity contribution in [1.82, 2.24) is 5.32 Å². The summed E-state index contributed by atoms with van der Waals surface area (Å²) < 4.78 is 12.7. The number of carbonyl (C=O) groups is 1. The Morgan fingerprint density at radius 3 is 2.67 bits per heavy atom. The third kappa shape index (κ3) is 3.96. The molecule has 18 heavy (non-hydrogen) atoms. The molecule has 0 aromatic heterocycles. The molecule has 0 bridgehead atoms. The number of piperidine rings is 1. The zero-order valence-corrected chi connectivity index (χ0v) is 11.1. The molecule has 1 aromatic carbocycles. The Hall–Kier alpha value is -1.13. The maximum atomic E-state index is 12.7. The van der Waals surface area contributed by atoms with Crippen molar-refractivity contribution < 1.29 is 9.18 Å². The van der Waals surface area contributed by atoms with Gasteiger partial charge in [-0.25, -0.2) is 4.39 Å². The molecule has 0 saturated carbocycles. The molecule has 2 N–H and O–H groups in total. The summed E-state index contributed by atoms with van der Waals surface area (Å²) in [6.45, 7) is 2.96. The van der Waals surface area contributed by atoms with Gasteiger partial charge in [-0.3, -0.25) is 4.79 Å². The highest BCUT2D eigenvalue weighted by Crippen LogP contribution is 2.18. The molecule has 3 nitrogen and oxygen atoms in total. The molecule has 2 atom stereocenters. The van der Waals surface area contributed by atoms with Crippen LogP contribution in [0.3, 0.4) is 0 Å². The second-order valence-corrected chi connectivity index (χ2v) is 4.57. The van der Waals surface area contributed by atoms with Crippen LogP contribution in [0.15, 0.2) is 24.3 Å². The number of hydrogen-bond donors (Lipinski definition) is 2. The average Bonchev–Trinajstić information content (AvgIpc) is 2.32. The fraction of sp³-hybridized carbons (Fsp3) is 0.462. The molecular weight excluding hydrogens is 255 g/mol. The average molecular weight is 273 g/mol. The Bertz CT molecular complexity index is 396. The summed E-state index contributed by atoms with van der Waals surface area (Å²) in [6, 6.07) is 6.24. The third-order valence-electron chi connectivity index (χ3n) is 3.11. The van der Waals surface area contributed by atoms with Crippen LogP contribution in [0.25, 0.3) is 0 Å². The zero-order valence-electron chi connectivity index (χ0n) is 10.3. The molecule has 1 saturated heterocycles. The summed E-state index contributed by atoms with van der Waals surface area (Å²) in [5.41, 5.74) is 0.655. The maximum Gasteiger partial charge on any atom is 0.227 e. The summed E-state index contributed by atoms with van der Waals surface area (Å²) >= 11 is 0. The second kappa shape index (κ2) is 6.71. The van der Waals surface area contributed by atoms with E-state index in [1.807, 2.05) is 0 Å². The SMILES string of the molecule is C[C@H]1C[C@@H](C(=O)Nc2ccc(F)cc2)CCN1.Cl. The van der Waals surface area contributed by atoms with Crippen molar-refractivity contribution in [3.8, 4) is 0 Å². The quantitative estimate of drug-likeness (QED) is 0.869. The maximum absolute atomic E-state index is 12.7. The minimum atomic E-state index is -0.293. The highest BCUT2D eigenvalue weighted by molar-refractivity contribution is 5.92. The molecule has 1 amide bonds. The van der Waals surface area contributed by atoms with Crippen LogP contribution in [0.2, 0.25) is 0 Å². The summed E-state index contributed by atoms with van der Waals surface area (Å²) in [6.07, 6.45) is 1.71. The Kier molecular flexibility index (Phi) is 5.56. The van der Waals surface area contributed by atoms with Gasteiger partial charge in [-0.15, -0.1) is 12.4 Å². The van der Waals surface area contributed by atoms with Crippen molar-refractivity contribution in [1.29, 1.82) is 0 Å². The summed E-state index contributed by atoms with van der Waals surface area (Å²) in [5, 5.41) is 6.13. The monoisotopic (exact) mass is 272 g/mol. The Morgan fingerprint density at radius 2 is 2.06 bits per heavy atom. The van der Waals surface area contributed by atoms with E-state index in [-0.39, 0.29) is 30.0 Å². The van der Waals surface area contributed by atoms with Gasteiger partial charge in [0.1, 0.15) is 5.82 Å². The van der Waals surface area contributed by atoms with Gasteiger partial charge in [0.2, 0.25) is 5.91 Å². The standard InChI is InChI=1S/C13H17FN2O.ClH/c1-9-8-10(6-7-15-9)13(17)16-12-4-2-11(14)3-5-12;/h2-5,9-10,15H,6-8H2,1H3,(H,16,17);1H/t9-,10-;/m0./s1. The van der Waals surface area contributed by atoms with Crippen molar-refractivity contribution in [2.45, 2.75) is 25.8 Å². The lowest BCUT2D eigenvalue weighted by Crippen LogP contribution is -2.40. The van der Waals surface area contributed by atoms with Gasteiger partial charge in [-0.2, -0.15) is 0 Å². The number of amides is 1. The molecule has 1 aromatic rings. The fourth-order valence-corrected chi connectivity index (χ4v) is 2.15. The minimum absolute atomic E-state index is 0. The van der Waals surface area contributed by atoms with Crippen LogP contribution < -0.4 is 10.6 Å². The van der Waals surface area contributed by atoms with Crippen LogP contribution in [0.1, 0.15) is 19.8 Å². The number of hydrogen-bond acceptors (Lipinski definition) is 2. The molecule has 2 rings (SSSR count). The molecule has 1 heterocycles. The smallest absolute Gasteiger partial charge is 0.227 e. The van der Waals surface area contributed by atoms with Gasteiger partial charge in [-0.1, -0.05) is 0 Å². The van der Waals surface area contributed by atoms with Crippen molar-refractivity contribution in [3.05, 3.63) is 30.1 Å². The Balaban J connectivity index is 0.00000162. The van der Waals surface area contributed by atoms with Crippen molar-refractivity contribution in [3.63, 3.8) is 0 Å². The van der Waals surface area contributed by atoms with E-state index in [9.17, 15) is 9.18 Å². The highest BCUT2D eigenvalue weighted by atomic mass is 35.5. The Labute approximate surface area is 113 Å². The van der Waals surface area contributed by atoms with Gasteiger partial charge in [0, 0.05) is 17.6 Å². The summed E-state index contributed by atoms with van der Waals surface area (Å²) in [4.78, 5) is 12.0. The van der Waals surface area contributed by atoms with Crippen molar-refractivity contribution in [2.24, 2.45) is 5.92 Å². The van der Waals surface area contributed by atoms with E-state index >= 15 is 0 Å². The Morgan fingerprint density at radius 1 is 1.39 bits per heavy atom. The molecule has 0 radical (unpaired) electrons. The van der Waals surface area contributed by atoms with Gasteiger partial charge < -0.3 is 10.6 Å². The van der Waals surface area contributed by atoms with Crippen LogP contribution >= 0.6 is 12.4 Å². The summed E-state index contributed by atoms with van der Waals surface area (Å²) in [5.74, 6) is -0.209. The molecule has 0 unspecified atom stereocenters. The van der Waals surface area contributed by atoms with Gasteiger partial charge in [0.25, 0.3) is 0 Å². The molecule has 1 aliphatic rings. The first-order valence-electron chi connectivity index (χ1n) is 5.95. The predicted molar refractivity (Wildman–Crippen MR) is 72.5 cm³/mol. The number of nitrogens with one attached hydrogen (secondary N) is 2. The van der Waals surface area contributed by atoms with Gasteiger partial charge in [0.05, 0.1) is 0 Å². The van der Waals surface area contributed by atoms with E-state index in [0.717, 1.165) is 19.4 Å². The highest BCUT2D eigenvalue weighted by Gasteiger charge is 2.24. The van der Waals surface area contributed by atoms with Crippen LogP contribution in [-0.2, 0) is 4.79 Å². The van der Waals surface area contributed by atoms with E-state index in [1.54, 1.807) is 12.1 Å². The predicted octanol–water partition coefficient (Wildman–Crippen LogP) is 2.57. The first-order chi connectivity index (χ1) is 8.15. The number of rotatable bonds is 2. The van der Waals surface area contributed by atoms with Crippen molar-refractivity contribution >= 4 is 24.0 Å². The fourth-order valence-electron chi connectivity index (χ4n) is 2.15. The van der Waals surface area contributed by atoms with Crippen LogP contribution in [-0.4, -0.2) is 18.5 Å². The summed E-state index contributed by atoms with van der Waals surface area (Å²) in [7, 11) is 0. The zero-order chi connectivity index (χ0) is 12.3. The molecule has 1 fully saturated rings. The van der Waals surface area contributed by atoms with Gasteiger partial charge in [-0.05, 0) is 50.6 Å². The molecule has 5 heteroatoms. The molecule has 0 spiro atoms. The van der Waals surface area contributed by atoms with Crippen molar-refractivity contribution in [2.75, 3.05) is 11.9 Å². The first kappa shape index (κ1) is 14.9. The topological polar surface area (TPSA) is 41.1 Å². The number of benzene rings is 1. The van der Waals surface area contributed by atoms with E-state index in [4.69, 9.17) is 0 Å². The normalized spacial score (nSPS) is 23.0. The lowest BCUT2D eigenvalue weighted by Gasteiger charge is -2.27. The van der Waals surface area contributed by atoms with Gasteiger partial charge >= 0.3 is 0 Å². The minimum Gasteiger partial charge on any atom is -0.326 e. The van der Waals surface area contributed by atoms with Crippen LogP contribution in [0.5, 0.6) is 0 Å². The van der Waals surface area contributed by atoms with Crippen LogP contribution in [0.4, 0.5) is 10.1 Å². The molecule has 100 valence electrons. The van der Waals surface area contributed by atoms with E-state index in [0.29, 0.717) is 11.7 Å². The van der Waals surface area contributed by atoms with Crippen LogP contribution in [0, 0.1) is 11.7 Å². The first-order valence-corrected chi connectivity index (χ1v) is 5.95. The molecule has 1 aliphatic heterocycles. The molecule has 0 aliphatic carbocycles.